The normalized spacial score (nSPS) is 11.9. The molecule has 318 valence electrons. The van der Waals surface area contributed by atoms with Crippen LogP contribution in [0.5, 0.6) is 11.5 Å². The lowest BCUT2D eigenvalue weighted by molar-refractivity contribution is -0.149. The highest BCUT2D eigenvalue weighted by Gasteiger charge is 2.39. The molecule has 0 bridgehead atoms. The van der Waals surface area contributed by atoms with Gasteiger partial charge < -0.3 is 39.5 Å². The van der Waals surface area contributed by atoms with E-state index in [9.17, 15) is 28.8 Å². The average molecular weight is 875 g/mol. The van der Waals surface area contributed by atoms with Gasteiger partial charge in [-0.3, -0.25) is 28.8 Å². The number of carbonyl (C=O) groups excluding carboxylic acids is 6. The zero-order chi connectivity index (χ0) is 44.5. The molecule has 62 heavy (non-hydrogen) atoms. The molecule has 0 fully saturated rings. The number of ether oxygens (including phenoxy) is 4. The van der Waals surface area contributed by atoms with Crippen LogP contribution in [0.1, 0.15) is 68.7 Å². The molecule has 0 radical (unpaired) electrons. The van der Waals surface area contributed by atoms with Crippen LogP contribution in [0.3, 0.4) is 0 Å². The van der Waals surface area contributed by atoms with Crippen molar-refractivity contribution in [1.29, 1.82) is 0 Å². The van der Waals surface area contributed by atoms with Crippen LogP contribution in [0.4, 0.5) is 0 Å². The molecule has 2 aromatic heterocycles. The van der Waals surface area contributed by atoms with Gasteiger partial charge in [0.2, 0.25) is 11.8 Å². The predicted molar refractivity (Wildman–Crippen MR) is 233 cm³/mol. The Morgan fingerprint density at radius 2 is 0.871 bits per heavy atom. The molecule has 2 heterocycles. The van der Waals surface area contributed by atoms with Crippen molar-refractivity contribution in [2.45, 2.75) is 35.7 Å². The molecule has 6 aromatic rings. The molecule has 0 aliphatic carbocycles. The van der Waals surface area contributed by atoms with Crippen molar-refractivity contribution in [3.63, 3.8) is 0 Å². The molecule has 0 spiro atoms. The maximum atomic E-state index is 14.8. The van der Waals surface area contributed by atoms with Gasteiger partial charge >= 0.3 is 11.9 Å². The summed E-state index contributed by atoms with van der Waals surface area (Å²) in [6.07, 6.45) is 2.97. The van der Waals surface area contributed by atoms with Crippen LogP contribution in [0.15, 0.2) is 132 Å². The first-order valence-electron chi connectivity index (χ1n) is 19.2. The fourth-order valence-corrected chi connectivity index (χ4v) is 9.41. The second-order valence-corrected chi connectivity index (χ2v) is 15.5. The fraction of sp³-hybridized carbons (Fsp3) is 0.174. The Bertz CT molecular complexity index is 2430. The van der Waals surface area contributed by atoms with Crippen molar-refractivity contribution in [3.05, 3.63) is 155 Å². The van der Waals surface area contributed by atoms with Crippen molar-refractivity contribution in [1.82, 2.24) is 9.13 Å². The first kappa shape index (κ1) is 44.5. The molecule has 4 aromatic carbocycles. The van der Waals surface area contributed by atoms with E-state index in [2.05, 4.69) is 0 Å². The zero-order valence-corrected chi connectivity index (χ0v) is 35.7. The Kier molecular flexibility index (Phi) is 14.4. The number of carbonyl (C=O) groups is 6. The topological polar surface area (TPSA) is 201 Å². The first-order valence-corrected chi connectivity index (χ1v) is 21.3. The van der Waals surface area contributed by atoms with Crippen LogP contribution in [0.2, 0.25) is 0 Å². The van der Waals surface area contributed by atoms with Gasteiger partial charge in [-0.25, -0.2) is 0 Å². The zero-order valence-electron chi connectivity index (χ0n) is 34.1. The molecule has 0 saturated heterocycles. The lowest BCUT2D eigenvalue weighted by atomic mass is 9.93. The smallest absolute Gasteiger partial charge is 0.323 e. The van der Waals surface area contributed by atoms with Crippen LogP contribution in [-0.2, 0) is 28.7 Å². The second-order valence-electron chi connectivity index (χ2n) is 13.4. The van der Waals surface area contributed by atoms with Crippen LogP contribution in [0, 0.1) is 0 Å². The summed E-state index contributed by atoms with van der Waals surface area (Å²) >= 11 is 0. The second kappa shape index (κ2) is 20.0. The highest BCUT2D eigenvalue weighted by atomic mass is 33.1. The van der Waals surface area contributed by atoms with Crippen LogP contribution in [0.25, 0.3) is 11.4 Å². The Morgan fingerprint density at radius 3 is 1.16 bits per heavy atom. The monoisotopic (exact) mass is 874 g/mol. The summed E-state index contributed by atoms with van der Waals surface area (Å²) in [5.41, 5.74) is 13.2. The Labute approximate surface area is 364 Å². The number of primary amides is 2. The van der Waals surface area contributed by atoms with E-state index in [4.69, 9.17) is 30.4 Å². The molecule has 0 saturated carbocycles. The van der Waals surface area contributed by atoms with Crippen LogP contribution < -0.4 is 20.9 Å². The van der Waals surface area contributed by atoms with Gasteiger partial charge in [-0.2, -0.15) is 0 Å². The number of rotatable bonds is 19. The van der Waals surface area contributed by atoms with Crippen molar-refractivity contribution in [3.8, 4) is 22.9 Å². The SMILES string of the molecule is CCOC(=O)C(C(N)=O)c1cn(-c2ccc(OC)cc2)c(SSc2c(C(=O)c3ccccc3)c(C(C(N)=O)C(=O)OCC)cn2-c2ccc(OC)cc2)c1C(=O)c1ccccc1. The number of benzene rings is 4. The van der Waals surface area contributed by atoms with E-state index in [1.807, 2.05) is 0 Å². The number of hydrogen-bond acceptors (Lipinski definition) is 12. The summed E-state index contributed by atoms with van der Waals surface area (Å²) < 4.78 is 24.7. The molecular formula is C46H42N4O10S2. The minimum Gasteiger partial charge on any atom is -0.497 e. The lowest BCUT2D eigenvalue weighted by Crippen LogP contribution is -2.30. The van der Waals surface area contributed by atoms with Gasteiger partial charge in [-0.15, -0.1) is 0 Å². The van der Waals surface area contributed by atoms with E-state index in [1.165, 1.54) is 26.6 Å². The minimum atomic E-state index is -1.70. The molecular weight excluding hydrogens is 833 g/mol. The van der Waals surface area contributed by atoms with Crippen molar-refractivity contribution >= 4 is 56.9 Å². The van der Waals surface area contributed by atoms with E-state index in [0.29, 0.717) is 22.9 Å². The van der Waals surface area contributed by atoms with E-state index in [1.54, 1.807) is 132 Å². The first-order chi connectivity index (χ1) is 29.9. The average Bonchev–Trinajstić information content (AvgIpc) is 3.84. The van der Waals surface area contributed by atoms with Crippen molar-refractivity contribution in [2.24, 2.45) is 11.5 Å². The predicted octanol–water partition coefficient (Wildman–Crippen LogP) is 6.81. The highest BCUT2D eigenvalue weighted by molar-refractivity contribution is 8.76. The van der Waals surface area contributed by atoms with Gasteiger partial charge in [0, 0.05) is 46.0 Å². The number of methoxy groups -OCH3 is 2. The van der Waals surface area contributed by atoms with E-state index < -0.39 is 47.2 Å². The van der Waals surface area contributed by atoms with E-state index in [-0.39, 0.29) is 56.6 Å². The maximum Gasteiger partial charge on any atom is 0.323 e. The molecule has 2 atom stereocenters. The molecule has 6 rings (SSSR count). The van der Waals surface area contributed by atoms with Gasteiger partial charge in [0.15, 0.2) is 23.4 Å². The Morgan fingerprint density at radius 1 is 0.532 bits per heavy atom. The molecule has 0 aliphatic rings. The number of amides is 2. The van der Waals surface area contributed by atoms with E-state index in [0.717, 1.165) is 21.6 Å². The third-order valence-corrected chi connectivity index (χ3v) is 12.0. The molecule has 14 nitrogen and oxygen atoms in total. The van der Waals surface area contributed by atoms with Gasteiger partial charge in [-0.05, 0) is 84.0 Å². The Hall–Kier alpha value is -7.04. The standard InChI is InChI=1S/C46H42N4O10S2/c1-5-59-45(55)37(41(47)53)33-25-49(29-17-21-31(57-3)22-18-29)43(35(33)39(51)27-13-9-7-10-14-27)61-62-44-36(40(52)28-15-11-8-12-16-28)34(38(42(48)54)46(56)60-6-2)26-50(44)30-19-23-32(58-4)24-20-30/h7-26,37-38H,5-6H2,1-4H3,(H2,47,53)(H2,48,54). The quantitative estimate of drug-likeness (QED) is 0.0373. The fourth-order valence-electron chi connectivity index (χ4n) is 6.73. The van der Waals surface area contributed by atoms with Gasteiger partial charge in [-0.1, -0.05) is 60.7 Å². The summed E-state index contributed by atoms with van der Waals surface area (Å²) in [6.45, 7) is 3.03. The number of nitrogens with two attached hydrogens (primary N) is 2. The third kappa shape index (κ3) is 9.31. The summed E-state index contributed by atoms with van der Waals surface area (Å²) in [5, 5.41) is 0.442. The van der Waals surface area contributed by atoms with Crippen LogP contribution >= 0.6 is 21.6 Å². The number of esters is 2. The largest absolute Gasteiger partial charge is 0.497 e. The summed E-state index contributed by atoms with van der Waals surface area (Å²) in [5.74, 6) is -7.44. The summed E-state index contributed by atoms with van der Waals surface area (Å²) in [6, 6.07) is 30.2. The molecule has 0 aliphatic heterocycles. The van der Waals surface area contributed by atoms with Gasteiger partial charge in [0.25, 0.3) is 0 Å². The Balaban J connectivity index is 1.68. The summed E-state index contributed by atoms with van der Waals surface area (Å²) in [7, 11) is 5.06. The molecule has 2 unspecified atom stereocenters. The number of nitrogens with zero attached hydrogens (tertiary/aromatic N) is 2. The van der Waals surface area contributed by atoms with Gasteiger partial charge in [0.1, 0.15) is 21.6 Å². The van der Waals surface area contributed by atoms with E-state index >= 15 is 0 Å². The minimum absolute atomic E-state index is 0.0216. The van der Waals surface area contributed by atoms with Crippen LogP contribution in [-0.4, -0.2) is 71.9 Å². The summed E-state index contributed by atoms with van der Waals surface area (Å²) in [4.78, 5) is 83.2. The number of hydrogen-bond donors (Lipinski definition) is 2. The van der Waals surface area contributed by atoms with Crippen molar-refractivity contribution in [2.75, 3.05) is 27.4 Å². The van der Waals surface area contributed by atoms with Crippen molar-refractivity contribution < 1.29 is 47.7 Å². The lowest BCUT2D eigenvalue weighted by Gasteiger charge is -2.16. The molecule has 2 amide bonds. The molecule has 4 N–H and O–H groups in total. The third-order valence-electron chi connectivity index (χ3n) is 9.64. The number of aromatic nitrogens is 2. The highest BCUT2D eigenvalue weighted by Crippen LogP contribution is 2.48. The molecule has 16 heteroatoms. The van der Waals surface area contributed by atoms with Gasteiger partial charge in [0.05, 0.1) is 38.6 Å². The maximum absolute atomic E-state index is 14.8. The number of ketones is 2.